The molecule has 0 radical (unpaired) electrons. The number of aromatic nitrogens is 1. The number of pyridine rings is 1. The van der Waals surface area contributed by atoms with Gasteiger partial charge in [-0.15, -0.1) is 6.58 Å². The highest BCUT2D eigenvalue weighted by atomic mass is 32.2. The normalized spacial score (nSPS) is 24.4. The number of benzene rings is 1. The lowest BCUT2D eigenvalue weighted by Gasteiger charge is -2.35. The van der Waals surface area contributed by atoms with Gasteiger partial charge >= 0.3 is 6.09 Å². The Kier molecular flexibility index (Phi) is 9.76. The van der Waals surface area contributed by atoms with E-state index in [1.165, 1.54) is 11.0 Å². The number of nitrogens with zero attached hydrogens (tertiary/aromatic N) is 2. The molecule has 5 rings (SSSR count). The van der Waals surface area contributed by atoms with Crippen LogP contribution in [0.3, 0.4) is 0 Å². The number of hydrogen-bond donors (Lipinski definition) is 3. The minimum Gasteiger partial charge on any atom is -0.472 e. The first-order chi connectivity index (χ1) is 22.8. The van der Waals surface area contributed by atoms with Gasteiger partial charge in [-0.05, 0) is 47.6 Å². The van der Waals surface area contributed by atoms with Gasteiger partial charge < -0.3 is 25.0 Å². The number of alkyl carbamates (subject to hydrolysis) is 1. The van der Waals surface area contributed by atoms with E-state index in [4.69, 9.17) is 9.47 Å². The second-order valence-electron chi connectivity index (χ2n) is 15.6. The van der Waals surface area contributed by atoms with Gasteiger partial charge in [-0.25, -0.2) is 18.2 Å². The Labute approximate surface area is 287 Å². The van der Waals surface area contributed by atoms with Crippen LogP contribution in [0.4, 0.5) is 4.79 Å². The Morgan fingerprint density at radius 2 is 1.80 bits per heavy atom. The van der Waals surface area contributed by atoms with Crippen molar-refractivity contribution >= 4 is 44.6 Å². The smallest absolute Gasteiger partial charge is 0.407 e. The average Bonchev–Trinajstić information content (AvgIpc) is 3.94. The van der Waals surface area contributed by atoms with Gasteiger partial charge in [0.15, 0.2) is 0 Å². The van der Waals surface area contributed by atoms with Crippen molar-refractivity contribution in [3.63, 3.8) is 0 Å². The molecular weight excluding hydrogens is 650 g/mol. The van der Waals surface area contributed by atoms with Gasteiger partial charge in [0.1, 0.15) is 23.7 Å². The molecule has 49 heavy (non-hydrogen) atoms. The number of amides is 4. The maximum Gasteiger partial charge on any atom is 0.407 e. The number of carbonyl (C=O) groups excluding carboxylic acids is 4. The van der Waals surface area contributed by atoms with Crippen molar-refractivity contribution in [2.24, 2.45) is 16.7 Å². The number of ether oxygens (including phenoxy) is 2. The molecule has 13 nitrogen and oxygen atoms in total. The molecule has 14 heteroatoms. The lowest BCUT2D eigenvalue weighted by molar-refractivity contribution is -0.142. The first-order valence-corrected chi connectivity index (χ1v) is 18.1. The Bertz CT molecular complexity index is 1740. The third kappa shape index (κ3) is 8.17. The highest BCUT2D eigenvalue weighted by molar-refractivity contribution is 7.91. The lowest BCUT2D eigenvalue weighted by Crippen LogP contribution is -2.60. The average molecular weight is 698 g/mol. The first-order valence-electron chi connectivity index (χ1n) is 16.6. The summed E-state index contributed by atoms with van der Waals surface area (Å²) in [5.41, 5.74) is -2.63. The third-order valence-corrected chi connectivity index (χ3v) is 10.8. The molecule has 4 amide bonds. The molecule has 5 atom stereocenters. The fraction of sp³-hybridized carbons (Fsp3) is 0.571. The summed E-state index contributed by atoms with van der Waals surface area (Å²) in [5.74, 6) is -2.20. The summed E-state index contributed by atoms with van der Waals surface area (Å²) >= 11 is 0. The molecule has 0 unspecified atom stereocenters. The van der Waals surface area contributed by atoms with Gasteiger partial charge in [0, 0.05) is 23.9 Å². The van der Waals surface area contributed by atoms with Gasteiger partial charge in [0.05, 0.1) is 18.4 Å². The monoisotopic (exact) mass is 697 g/mol. The predicted octanol–water partition coefficient (Wildman–Crippen LogP) is 3.44. The van der Waals surface area contributed by atoms with Gasteiger partial charge in [0.2, 0.25) is 27.7 Å². The molecule has 1 saturated heterocycles. The van der Waals surface area contributed by atoms with Crippen LogP contribution in [0.15, 0.2) is 49.2 Å². The Morgan fingerprint density at radius 1 is 1.10 bits per heavy atom. The summed E-state index contributed by atoms with van der Waals surface area (Å²) in [6.45, 7) is 15.0. The number of carbonyl (C=O) groups is 4. The van der Waals surface area contributed by atoms with E-state index in [0.717, 1.165) is 10.8 Å². The zero-order chi connectivity index (χ0) is 35.9. The van der Waals surface area contributed by atoms with E-state index in [-0.39, 0.29) is 31.4 Å². The lowest BCUT2D eigenvalue weighted by atomic mass is 9.85. The van der Waals surface area contributed by atoms with Crippen molar-refractivity contribution in [1.29, 1.82) is 0 Å². The van der Waals surface area contributed by atoms with Crippen LogP contribution in [0.25, 0.3) is 10.8 Å². The second-order valence-corrected chi connectivity index (χ2v) is 17.5. The van der Waals surface area contributed by atoms with E-state index in [2.05, 4.69) is 26.9 Å². The van der Waals surface area contributed by atoms with Gasteiger partial charge in [-0.2, -0.15) is 0 Å². The first kappa shape index (κ1) is 36.1. The van der Waals surface area contributed by atoms with Crippen molar-refractivity contribution in [3.8, 4) is 5.88 Å². The molecule has 2 heterocycles. The number of rotatable bonds is 11. The Hall–Kier alpha value is -4.20. The molecule has 2 aliphatic carbocycles. The fourth-order valence-electron chi connectivity index (χ4n) is 5.99. The summed E-state index contributed by atoms with van der Waals surface area (Å²) in [7, 11) is -3.88. The van der Waals surface area contributed by atoms with E-state index >= 15 is 0 Å². The summed E-state index contributed by atoms with van der Waals surface area (Å²) in [5, 5.41) is 6.51. The topological polar surface area (TPSA) is 173 Å². The van der Waals surface area contributed by atoms with Crippen LogP contribution >= 0.6 is 0 Å². The summed E-state index contributed by atoms with van der Waals surface area (Å²) < 4.78 is 39.2. The van der Waals surface area contributed by atoms with E-state index < -0.39 is 74.1 Å². The van der Waals surface area contributed by atoms with E-state index in [1.807, 2.05) is 51.1 Å². The highest BCUT2D eigenvalue weighted by Gasteiger charge is 2.62. The predicted molar refractivity (Wildman–Crippen MR) is 183 cm³/mol. The van der Waals surface area contributed by atoms with Crippen LogP contribution in [0.5, 0.6) is 5.88 Å². The largest absolute Gasteiger partial charge is 0.472 e. The van der Waals surface area contributed by atoms with Crippen molar-refractivity contribution in [3.05, 3.63) is 49.2 Å². The molecule has 1 aliphatic heterocycles. The molecule has 2 saturated carbocycles. The summed E-state index contributed by atoms with van der Waals surface area (Å²) in [6.07, 6.45) is 2.80. The minimum atomic E-state index is -3.88. The van der Waals surface area contributed by atoms with E-state index in [0.29, 0.717) is 18.7 Å². The molecule has 0 spiro atoms. The Balaban J connectivity index is 1.42. The van der Waals surface area contributed by atoms with Gasteiger partial charge in [0.25, 0.3) is 5.91 Å². The number of sulfonamides is 1. The van der Waals surface area contributed by atoms with Crippen molar-refractivity contribution in [1.82, 2.24) is 25.2 Å². The highest BCUT2D eigenvalue weighted by Crippen LogP contribution is 2.45. The van der Waals surface area contributed by atoms with Gasteiger partial charge in [-0.3, -0.25) is 19.1 Å². The van der Waals surface area contributed by atoms with Crippen LogP contribution < -0.4 is 20.1 Å². The molecule has 0 bridgehead atoms. The number of fused-ring (bicyclic) bond motifs is 1. The molecule has 3 N–H and O–H groups in total. The van der Waals surface area contributed by atoms with Crippen LogP contribution in [0.1, 0.15) is 67.2 Å². The summed E-state index contributed by atoms with van der Waals surface area (Å²) in [6, 6.07) is 7.17. The van der Waals surface area contributed by atoms with Crippen LogP contribution in [0.2, 0.25) is 0 Å². The van der Waals surface area contributed by atoms with E-state index in [1.54, 1.807) is 27.0 Å². The molecule has 1 aromatic heterocycles. The Morgan fingerprint density at radius 3 is 2.41 bits per heavy atom. The SMILES string of the molecule is C=C[C@H]1C[C@@]1(NC(=O)[C@H]1C[C@@H](Oc2nccc3ccccc23)CN1C(=O)[C@@H](NC(=O)OCC(C)(C)C)C(C)(C)C)C(=O)NS(=O)(=O)C1CC1. The fourth-order valence-corrected chi connectivity index (χ4v) is 7.36. The van der Waals surface area contributed by atoms with E-state index in [9.17, 15) is 27.6 Å². The molecular formula is C35H47N5O8S. The quantitative estimate of drug-likeness (QED) is 0.298. The maximum absolute atomic E-state index is 14.4. The second kappa shape index (κ2) is 13.3. The zero-order valence-corrected chi connectivity index (χ0v) is 29.8. The third-order valence-electron chi connectivity index (χ3n) is 9.02. The molecule has 266 valence electrons. The number of hydrogen-bond acceptors (Lipinski definition) is 9. The number of likely N-dealkylation sites (tertiary alicyclic amines) is 1. The van der Waals surface area contributed by atoms with Crippen molar-refractivity contribution in [2.75, 3.05) is 13.2 Å². The van der Waals surface area contributed by atoms with Crippen LogP contribution in [-0.2, 0) is 29.1 Å². The minimum absolute atomic E-state index is 0.0206. The standard InChI is InChI=1S/C35H47N5O8S/c1-8-22-18-35(22,31(43)39-49(45,46)24-13-14-24)38-28(41)26-17-23(48-29-25-12-10-9-11-21(25)15-16-36-29)19-40(26)30(42)27(34(5,6)7)37-32(44)47-20-33(2,3)4/h8-12,15-16,22-24,26-27H,1,13-14,17-20H2,2-7H3,(H,37,44)(H,38,41)(H,39,43)/t22-,23+,26+,27+,35-/m0/s1. The molecule has 3 fully saturated rings. The molecule has 3 aliphatic rings. The molecule has 1 aromatic carbocycles. The van der Waals surface area contributed by atoms with Crippen molar-refractivity contribution in [2.45, 2.75) is 96.2 Å². The van der Waals surface area contributed by atoms with Crippen molar-refractivity contribution < 1.29 is 37.1 Å². The zero-order valence-electron chi connectivity index (χ0n) is 28.9. The maximum atomic E-state index is 14.4. The molecule has 2 aromatic rings. The van der Waals surface area contributed by atoms with Crippen LogP contribution in [-0.4, -0.2) is 84.2 Å². The summed E-state index contributed by atoms with van der Waals surface area (Å²) in [4.78, 5) is 60.6. The number of nitrogens with one attached hydrogen (secondary N) is 3. The van der Waals surface area contributed by atoms with Gasteiger partial charge in [-0.1, -0.05) is 65.8 Å². The van der Waals surface area contributed by atoms with Crippen LogP contribution in [0, 0.1) is 16.7 Å².